The molecule has 0 spiro atoms. The summed E-state index contributed by atoms with van der Waals surface area (Å²) in [6, 6.07) is 16.3. The number of sulfonamides is 1. The van der Waals surface area contributed by atoms with Gasteiger partial charge in [-0.25, -0.2) is 8.42 Å². The highest BCUT2D eigenvalue weighted by Crippen LogP contribution is 2.15. The van der Waals surface area contributed by atoms with Crippen molar-refractivity contribution in [3.63, 3.8) is 0 Å². The molecule has 0 aliphatic heterocycles. The van der Waals surface area contributed by atoms with Crippen molar-refractivity contribution in [1.29, 1.82) is 0 Å². The third kappa shape index (κ3) is 6.69. The molecule has 146 valence electrons. The van der Waals surface area contributed by atoms with E-state index in [1.165, 1.54) is 0 Å². The molecule has 27 heavy (non-hydrogen) atoms. The Morgan fingerprint density at radius 1 is 1.07 bits per heavy atom. The third-order valence-electron chi connectivity index (χ3n) is 4.01. The quantitative estimate of drug-likeness (QED) is 0.653. The van der Waals surface area contributed by atoms with Gasteiger partial charge >= 0.3 is 0 Å². The molecule has 0 atom stereocenters. The average Bonchev–Trinajstić information content (AvgIpc) is 2.65. The molecule has 2 rings (SSSR count). The molecule has 1 amide bonds. The number of hydrogen-bond donors (Lipinski definition) is 2. The van der Waals surface area contributed by atoms with Crippen molar-refractivity contribution in [2.24, 2.45) is 5.73 Å². The van der Waals surface area contributed by atoms with Crippen molar-refractivity contribution >= 4 is 21.6 Å². The summed E-state index contributed by atoms with van der Waals surface area (Å²) in [5, 5.41) is 0. The van der Waals surface area contributed by atoms with Crippen LogP contribution in [-0.4, -0.2) is 38.1 Å². The fourth-order valence-corrected chi connectivity index (χ4v) is 3.84. The number of nitrogens with two attached hydrogens (primary N) is 1. The Bertz CT molecular complexity index is 821. The molecule has 6 nitrogen and oxygen atoms in total. The second kappa shape index (κ2) is 10.1. The number of hydrogen-bond acceptors (Lipinski definition) is 4. The van der Waals surface area contributed by atoms with Crippen LogP contribution in [0.1, 0.15) is 35.7 Å². The Balaban J connectivity index is 2.12. The second-order valence-corrected chi connectivity index (χ2v) is 8.19. The monoisotopic (exact) mass is 389 g/mol. The SMILES string of the molecule is CCCS(=O)(=O)Nc1ccc(C(=O)N(CCCN)Cc2ccccc2)cc1. The van der Waals surface area contributed by atoms with E-state index in [0.717, 1.165) is 5.56 Å². The Hall–Kier alpha value is -2.38. The number of rotatable bonds is 10. The minimum atomic E-state index is -3.35. The summed E-state index contributed by atoms with van der Waals surface area (Å²) in [5.74, 6) is -0.0345. The minimum absolute atomic E-state index is 0.0671. The Morgan fingerprint density at radius 3 is 2.33 bits per heavy atom. The van der Waals surface area contributed by atoms with Gasteiger partial charge in [-0.15, -0.1) is 0 Å². The first-order chi connectivity index (χ1) is 12.9. The van der Waals surface area contributed by atoms with Gasteiger partial charge in [0, 0.05) is 24.3 Å². The molecule has 2 aromatic carbocycles. The first kappa shape index (κ1) is 20.9. The van der Waals surface area contributed by atoms with E-state index in [-0.39, 0.29) is 11.7 Å². The van der Waals surface area contributed by atoms with Crippen LogP contribution in [0.25, 0.3) is 0 Å². The summed E-state index contributed by atoms with van der Waals surface area (Å²) < 4.78 is 26.2. The van der Waals surface area contributed by atoms with Gasteiger partial charge in [-0.2, -0.15) is 0 Å². The van der Waals surface area contributed by atoms with Crippen molar-refractivity contribution in [2.75, 3.05) is 23.6 Å². The predicted octanol–water partition coefficient (Wildman–Crippen LogP) is 2.83. The van der Waals surface area contributed by atoms with Crippen LogP contribution in [0, 0.1) is 0 Å². The lowest BCUT2D eigenvalue weighted by Crippen LogP contribution is -2.32. The van der Waals surface area contributed by atoms with E-state index in [1.807, 2.05) is 37.3 Å². The third-order valence-corrected chi connectivity index (χ3v) is 5.51. The maximum Gasteiger partial charge on any atom is 0.254 e. The molecule has 0 fully saturated rings. The Labute approximate surface area is 161 Å². The minimum Gasteiger partial charge on any atom is -0.334 e. The van der Waals surface area contributed by atoms with Crippen LogP contribution in [0.15, 0.2) is 54.6 Å². The molecule has 0 radical (unpaired) electrons. The maximum absolute atomic E-state index is 12.9. The topological polar surface area (TPSA) is 92.5 Å². The number of anilines is 1. The van der Waals surface area contributed by atoms with Crippen LogP contribution in [0.2, 0.25) is 0 Å². The number of nitrogens with one attached hydrogen (secondary N) is 1. The van der Waals surface area contributed by atoms with Crippen molar-refractivity contribution in [3.05, 3.63) is 65.7 Å². The fourth-order valence-electron chi connectivity index (χ4n) is 2.70. The lowest BCUT2D eigenvalue weighted by Gasteiger charge is -2.23. The van der Waals surface area contributed by atoms with Gasteiger partial charge in [0.1, 0.15) is 0 Å². The zero-order valence-electron chi connectivity index (χ0n) is 15.6. The molecule has 2 aromatic rings. The summed E-state index contributed by atoms with van der Waals surface area (Å²) in [7, 11) is -3.35. The number of carbonyl (C=O) groups is 1. The van der Waals surface area contributed by atoms with Crippen LogP contribution in [0.4, 0.5) is 5.69 Å². The lowest BCUT2D eigenvalue weighted by molar-refractivity contribution is 0.0742. The molecule has 0 saturated carbocycles. The number of benzene rings is 2. The molecule has 0 aromatic heterocycles. The van der Waals surface area contributed by atoms with Crippen LogP contribution in [0.3, 0.4) is 0 Å². The highest BCUT2D eigenvalue weighted by molar-refractivity contribution is 7.92. The summed E-state index contributed by atoms with van der Waals surface area (Å²) >= 11 is 0. The van der Waals surface area contributed by atoms with E-state index in [1.54, 1.807) is 29.2 Å². The molecule has 0 heterocycles. The van der Waals surface area contributed by atoms with Crippen molar-refractivity contribution in [3.8, 4) is 0 Å². The van der Waals surface area contributed by atoms with Gasteiger partial charge in [0.05, 0.1) is 5.75 Å². The van der Waals surface area contributed by atoms with E-state index in [2.05, 4.69) is 4.72 Å². The summed E-state index contributed by atoms with van der Waals surface area (Å²) in [6.07, 6.45) is 1.26. The normalized spacial score (nSPS) is 11.2. The van der Waals surface area contributed by atoms with E-state index in [9.17, 15) is 13.2 Å². The largest absolute Gasteiger partial charge is 0.334 e. The predicted molar refractivity (Wildman–Crippen MR) is 109 cm³/mol. The highest BCUT2D eigenvalue weighted by atomic mass is 32.2. The van der Waals surface area contributed by atoms with E-state index >= 15 is 0 Å². The Morgan fingerprint density at radius 2 is 1.74 bits per heavy atom. The number of nitrogens with zero attached hydrogens (tertiary/aromatic N) is 1. The molecule has 0 bridgehead atoms. The van der Waals surface area contributed by atoms with Crippen LogP contribution in [-0.2, 0) is 16.6 Å². The average molecular weight is 390 g/mol. The summed E-state index contributed by atoms with van der Waals surface area (Å²) in [5.41, 5.74) is 7.63. The highest BCUT2D eigenvalue weighted by Gasteiger charge is 2.16. The van der Waals surface area contributed by atoms with Gasteiger partial charge in [0.2, 0.25) is 10.0 Å². The fraction of sp³-hybridized carbons (Fsp3) is 0.350. The summed E-state index contributed by atoms with van der Waals surface area (Å²) in [6.45, 7) is 3.39. The molecule has 0 saturated heterocycles. The molecule has 3 N–H and O–H groups in total. The molecular formula is C20H27N3O3S. The van der Waals surface area contributed by atoms with E-state index < -0.39 is 10.0 Å². The lowest BCUT2D eigenvalue weighted by atomic mass is 10.1. The maximum atomic E-state index is 12.9. The molecule has 0 aliphatic carbocycles. The van der Waals surface area contributed by atoms with Crippen molar-refractivity contribution < 1.29 is 13.2 Å². The standard InChI is InChI=1S/C20H27N3O3S/c1-2-15-27(25,26)22-19-11-9-18(10-12-19)20(24)23(14-6-13-21)16-17-7-4-3-5-8-17/h3-5,7-12,22H,2,6,13-16,21H2,1H3. The zero-order valence-corrected chi connectivity index (χ0v) is 16.4. The van der Waals surface area contributed by atoms with Gasteiger partial charge in [-0.1, -0.05) is 37.3 Å². The van der Waals surface area contributed by atoms with Crippen molar-refractivity contribution in [2.45, 2.75) is 26.3 Å². The molecule has 0 unspecified atom stereocenters. The second-order valence-electron chi connectivity index (χ2n) is 6.35. The Kier molecular flexibility index (Phi) is 7.82. The first-order valence-corrected chi connectivity index (χ1v) is 10.7. The zero-order chi connectivity index (χ0) is 19.7. The summed E-state index contributed by atoms with van der Waals surface area (Å²) in [4.78, 5) is 14.7. The van der Waals surface area contributed by atoms with Gasteiger partial charge in [0.15, 0.2) is 0 Å². The number of amides is 1. The van der Waals surface area contributed by atoms with Crippen molar-refractivity contribution in [1.82, 2.24) is 4.90 Å². The van der Waals surface area contributed by atoms with Gasteiger partial charge in [-0.05, 0) is 49.2 Å². The number of carbonyl (C=O) groups excluding carboxylic acids is 1. The van der Waals surface area contributed by atoms with Crippen LogP contribution < -0.4 is 10.5 Å². The van der Waals surface area contributed by atoms with Crippen LogP contribution >= 0.6 is 0 Å². The van der Waals surface area contributed by atoms with E-state index in [0.29, 0.717) is 43.7 Å². The molecular weight excluding hydrogens is 362 g/mol. The molecule has 7 heteroatoms. The van der Waals surface area contributed by atoms with Gasteiger partial charge in [0.25, 0.3) is 5.91 Å². The van der Waals surface area contributed by atoms with Gasteiger partial charge in [-0.3, -0.25) is 9.52 Å². The van der Waals surface area contributed by atoms with Crippen LogP contribution in [0.5, 0.6) is 0 Å². The molecule has 0 aliphatic rings. The van der Waals surface area contributed by atoms with E-state index in [4.69, 9.17) is 5.73 Å². The first-order valence-electron chi connectivity index (χ1n) is 9.09. The van der Waals surface area contributed by atoms with Gasteiger partial charge < -0.3 is 10.6 Å². The smallest absolute Gasteiger partial charge is 0.254 e.